The van der Waals surface area contributed by atoms with Gasteiger partial charge in [-0.3, -0.25) is 0 Å². The molecule has 2 aromatic carbocycles. The van der Waals surface area contributed by atoms with Gasteiger partial charge in [0.15, 0.2) is 0 Å². The number of pyridine rings is 1. The predicted octanol–water partition coefficient (Wildman–Crippen LogP) is 5.42. The van der Waals surface area contributed by atoms with Crippen LogP contribution in [0, 0.1) is 5.82 Å². The average molecular weight is 320 g/mol. The molecule has 1 fully saturated rings. The molecule has 1 unspecified atom stereocenters. The minimum Gasteiger partial charge on any atom is -0.367 e. The van der Waals surface area contributed by atoms with E-state index in [1.165, 1.54) is 31.4 Å². The Morgan fingerprint density at radius 2 is 1.83 bits per heavy atom. The molecule has 3 heteroatoms. The normalized spacial score (nSPS) is 18.1. The third kappa shape index (κ3) is 2.75. The third-order valence-electron chi connectivity index (χ3n) is 4.93. The van der Waals surface area contributed by atoms with Crippen LogP contribution in [0.15, 0.2) is 54.6 Å². The van der Waals surface area contributed by atoms with Crippen molar-refractivity contribution < 1.29 is 4.39 Å². The van der Waals surface area contributed by atoms with Crippen molar-refractivity contribution in [3.63, 3.8) is 0 Å². The van der Waals surface area contributed by atoms with Crippen LogP contribution >= 0.6 is 0 Å². The summed E-state index contributed by atoms with van der Waals surface area (Å²) in [5, 5.41) is 1.15. The van der Waals surface area contributed by atoms with E-state index in [9.17, 15) is 4.39 Å². The van der Waals surface area contributed by atoms with Crippen molar-refractivity contribution >= 4 is 16.6 Å². The van der Waals surface area contributed by atoms with Crippen LogP contribution in [-0.2, 0) is 0 Å². The summed E-state index contributed by atoms with van der Waals surface area (Å²) >= 11 is 0. The zero-order valence-electron chi connectivity index (χ0n) is 13.9. The van der Waals surface area contributed by atoms with Gasteiger partial charge in [-0.15, -0.1) is 0 Å². The highest BCUT2D eigenvalue weighted by Crippen LogP contribution is 2.35. The van der Waals surface area contributed by atoms with Gasteiger partial charge in [0.2, 0.25) is 0 Å². The van der Waals surface area contributed by atoms with E-state index in [0.29, 0.717) is 6.04 Å². The Bertz CT molecular complexity index is 857. The van der Waals surface area contributed by atoms with Crippen LogP contribution < -0.4 is 4.90 Å². The van der Waals surface area contributed by atoms with E-state index in [2.05, 4.69) is 24.0 Å². The smallest absolute Gasteiger partial charge is 0.123 e. The molecular weight excluding hydrogens is 299 g/mol. The van der Waals surface area contributed by atoms with Crippen LogP contribution in [0.2, 0.25) is 0 Å². The number of hydrogen-bond donors (Lipinski definition) is 0. The van der Waals surface area contributed by atoms with E-state index in [1.807, 2.05) is 30.3 Å². The van der Waals surface area contributed by atoms with Gasteiger partial charge in [-0.25, -0.2) is 9.37 Å². The number of halogens is 1. The van der Waals surface area contributed by atoms with Gasteiger partial charge in [0.25, 0.3) is 0 Å². The van der Waals surface area contributed by atoms with Gasteiger partial charge in [0.1, 0.15) is 5.82 Å². The van der Waals surface area contributed by atoms with Crippen molar-refractivity contribution in [2.45, 2.75) is 32.2 Å². The molecule has 24 heavy (non-hydrogen) atoms. The van der Waals surface area contributed by atoms with Crippen molar-refractivity contribution in [1.29, 1.82) is 0 Å². The first kappa shape index (κ1) is 15.1. The summed E-state index contributed by atoms with van der Waals surface area (Å²) in [6.45, 7) is 3.33. The van der Waals surface area contributed by atoms with Crippen molar-refractivity contribution in [3.8, 4) is 11.3 Å². The highest BCUT2D eigenvalue weighted by Gasteiger charge is 2.22. The Kier molecular flexibility index (Phi) is 3.93. The predicted molar refractivity (Wildman–Crippen MR) is 97.8 cm³/mol. The van der Waals surface area contributed by atoms with E-state index in [-0.39, 0.29) is 5.82 Å². The fraction of sp³-hybridized carbons (Fsp3) is 0.286. The number of anilines is 1. The lowest BCUT2D eigenvalue weighted by Gasteiger charge is -2.36. The molecule has 2 heterocycles. The molecule has 0 aliphatic carbocycles. The Balaban J connectivity index is 1.91. The zero-order chi connectivity index (χ0) is 16.5. The molecule has 0 radical (unpaired) electrons. The molecule has 1 aromatic heterocycles. The Hall–Kier alpha value is -2.42. The maximum Gasteiger partial charge on any atom is 0.123 e. The number of fused-ring (bicyclic) bond motifs is 1. The molecule has 0 amide bonds. The number of hydrogen-bond acceptors (Lipinski definition) is 2. The number of piperidine rings is 1. The van der Waals surface area contributed by atoms with Gasteiger partial charge >= 0.3 is 0 Å². The quantitative estimate of drug-likeness (QED) is 0.627. The van der Waals surface area contributed by atoms with Crippen molar-refractivity contribution in [3.05, 3.63) is 60.4 Å². The first-order valence-corrected chi connectivity index (χ1v) is 8.65. The van der Waals surface area contributed by atoms with Gasteiger partial charge in [-0.05, 0) is 62.6 Å². The lowest BCUT2D eigenvalue weighted by molar-refractivity contribution is 0.485. The number of aromatic nitrogens is 1. The van der Waals surface area contributed by atoms with Crippen molar-refractivity contribution in [2.75, 3.05) is 11.4 Å². The van der Waals surface area contributed by atoms with Gasteiger partial charge in [0.05, 0.1) is 16.9 Å². The van der Waals surface area contributed by atoms with E-state index in [4.69, 9.17) is 4.98 Å². The third-order valence-corrected chi connectivity index (χ3v) is 4.93. The van der Waals surface area contributed by atoms with Crippen LogP contribution in [0.25, 0.3) is 22.2 Å². The average Bonchev–Trinajstić information content (AvgIpc) is 2.62. The maximum atomic E-state index is 13.3. The highest BCUT2D eigenvalue weighted by atomic mass is 19.1. The summed E-state index contributed by atoms with van der Waals surface area (Å²) in [5.41, 5.74) is 4.05. The minimum atomic E-state index is -0.215. The van der Waals surface area contributed by atoms with Crippen molar-refractivity contribution in [2.24, 2.45) is 0 Å². The largest absolute Gasteiger partial charge is 0.367 e. The summed E-state index contributed by atoms with van der Waals surface area (Å²) in [7, 11) is 0. The summed E-state index contributed by atoms with van der Waals surface area (Å²) in [5.74, 6) is -0.215. The standard InChI is InChI=1S/C21H21FN2/c1-15-6-4-5-13-24(15)20-14-17-7-2-3-8-19(17)23-21(20)16-9-11-18(22)12-10-16/h2-3,7-12,14-15H,4-6,13H2,1H3. The van der Waals surface area contributed by atoms with Crippen LogP contribution in [0.5, 0.6) is 0 Å². The van der Waals surface area contributed by atoms with Crippen LogP contribution in [0.1, 0.15) is 26.2 Å². The van der Waals surface area contributed by atoms with E-state index in [1.54, 1.807) is 0 Å². The molecule has 1 aliphatic heterocycles. The summed E-state index contributed by atoms with van der Waals surface area (Å²) in [6, 6.07) is 17.6. The molecule has 3 aromatic rings. The van der Waals surface area contributed by atoms with Gasteiger partial charge in [-0.2, -0.15) is 0 Å². The first-order valence-electron chi connectivity index (χ1n) is 8.65. The lowest BCUT2D eigenvalue weighted by atomic mass is 10.00. The minimum absolute atomic E-state index is 0.215. The van der Waals surface area contributed by atoms with Gasteiger partial charge in [0, 0.05) is 23.5 Å². The number of para-hydroxylation sites is 1. The Morgan fingerprint density at radius 1 is 1.04 bits per heavy atom. The summed E-state index contributed by atoms with van der Waals surface area (Å²) in [4.78, 5) is 7.38. The number of nitrogens with zero attached hydrogens (tertiary/aromatic N) is 2. The second kappa shape index (κ2) is 6.23. The monoisotopic (exact) mass is 320 g/mol. The summed E-state index contributed by atoms with van der Waals surface area (Å²) in [6.07, 6.45) is 3.69. The highest BCUT2D eigenvalue weighted by molar-refractivity contribution is 5.89. The lowest BCUT2D eigenvalue weighted by Crippen LogP contribution is -2.37. The molecule has 1 saturated heterocycles. The Morgan fingerprint density at radius 3 is 2.62 bits per heavy atom. The SMILES string of the molecule is CC1CCCCN1c1cc2ccccc2nc1-c1ccc(F)cc1. The molecule has 122 valence electrons. The van der Waals surface area contributed by atoms with Crippen LogP contribution in [-0.4, -0.2) is 17.6 Å². The maximum absolute atomic E-state index is 13.3. The van der Waals surface area contributed by atoms with E-state index in [0.717, 1.165) is 34.4 Å². The second-order valence-corrected chi connectivity index (χ2v) is 6.59. The summed E-state index contributed by atoms with van der Waals surface area (Å²) < 4.78 is 13.3. The van der Waals surface area contributed by atoms with Crippen molar-refractivity contribution in [1.82, 2.24) is 4.98 Å². The first-order chi connectivity index (χ1) is 11.7. The zero-order valence-corrected chi connectivity index (χ0v) is 13.9. The van der Waals surface area contributed by atoms with E-state index < -0.39 is 0 Å². The molecule has 0 spiro atoms. The molecular formula is C21H21FN2. The topological polar surface area (TPSA) is 16.1 Å². The van der Waals surface area contributed by atoms with Crippen LogP contribution in [0.4, 0.5) is 10.1 Å². The fourth-order valence-corrected chi connectivity index (χ4v) is 3.60. The molecule has 0 N–H and O–H groups in total. The Labute approximate surface area is 141 Å². The molecule has 0 bridgehead atoms. The number of rotatable bonds is 2. The molecule has 4 rings (SSSR count). The van der Waals surface area contributed by atoms with Gasteiger partial charge < -0.3 is 4.90 Å². The molecule has 2 nitrogen and oxygen atoms in total. The molecule has 0 saturated carbocycles. The molecule has 1 atom stereocenters. The van der Waals surface area contributed by atoms with Crippen LogP contribution in [0.3, 0.4) is 0 Å². The fourth-order valence-electron chi connectivity index (χ4n) is 3.60. The van der Waals surface area contributed by atoms with E-state index >= 15 is 0 Å². The van der Waals surface area contributed by atoms with Gasteiger partial charge in [-0.1, -0.05) is 18.2 Å². The second-order valence-electron chi connectivity index (χ2n) is 6.59. The number of benzene rings is 2. The molecule has 1 aliphatic rings.